The molecule has 70 heavy (non-hydrogen) atoms. The van der Waals surface area contributed by atoms with Crippen molar-refractivity contribution >= 4 is 52.2 Å². The molecule has 0 spiro atoms. The molecule has 1 aromatic carbocycles. The van der Waals surface area contributed by atoms with Crippen LogP contribution in [0.4, 0.5) is 19.0 Å². The first kappa shape index (κ1) is 51.8. The van der Waals surface area contributed by atoms with E-state index in [1.165, 1.54) is 30.5 Å². The van der Waals surface area contributed by atoms with Gasteiger partial charge in [0.1, 0.15) is 18.2 Å². The maximum absolute atomic E-state index is 14.0. The van der Waals surface area contributed by atoms with E-state index in [2.05, 4.69) is 55.5 Å². The number of nitrogens with two attached hydrogens (primary N) is 1. The monoisotopic (exact) mass is 979 g/mol. The van der Waals surface area contributed by atoms with Crippen molar-refractivity contribution in [3.63, 3.8) is 0 Å². The fraction of sp³-hybridized carbons (Fsp3) is 0.604. The smallest absolute Gasteiger partial charge is 0.378 e. The molecule has 4 aliphatic rings. The first-order valence-electron chi connectivity index (χ1n) is 24.1. The van der Waals surface area contributed by atoms with Gasteiger partial charge < -0.3 is 41.5 Å². The molecule has 2 aliphatic carbocycles. The van der Waals surface area contributed by atoms with Crippen LogP contribution in [0.5, 0.6) is 0 Å². The zero-order valence-electron chi connectivity index (χ0n) is 39.8. The molecule has 0 radical (unpaired) electrons. The normalized spacial score (nSPS) is 26.1. The number of likely N-dealkylation sites (tertiary alicyclic amines) is 2. The molecule has 2 aromatic heterocycles. The van der Waals surface area contributed by atoms with Crippen molar-refractivity contribution in [1.29, 1.82) is 0 Å². The summed E-state index contributed by atoms with van der Waals surface area (Å²) in [6, 6.07) is 5.29. The van der Waals surface area contributed by atoms with Gasteiger partial charge in [-0.05, 0) is 93.7 Å². The Morgan fingerprint density at radius 1 is 0.943 bits per heavy atom. The van der Waals surface area contributed by atoms with Crippen molar-refractivity contribution in [1.82, 2.24) is 46.2 Å². The molecule has 4 heterocycles. The van der Waals surface area contributed by atoms with Gasteiger partial charge in [-0.25, -0.2) is 15.4 Å². The summed E-state index contributed by atoms with van der Waals surface area (Å²) in [6.07, 6.45) is 4.24. The highest BCUT2D eigenvalue weighted by Crippen LogP contribution is 2.46. The first-order valence-corrected chi connectivity index (χ1v) is 24.1. The number of aromatic nitrogens is 3. The van der Waals surface area contributed by atoms with Gasteiger partial charge in [0.15, 0.2) is 0 Å². The first-order chi connectivity index (χ1) is 33.4. The van der Waals surface area contributed by atoms with Crippen LogP contribution in [0.15, 0.2) is 49.1 Å². The summed E-state index contributed by atoms with van der Waals surface area (Å²) in [5.74, 6) is -2.77. The number of halogens is 3. The molecule has 7 N–H and O–H groups in total. The third-order valence-electron chi connectivity index (χ3n) is 14.2. The number of hydrogen-bond donors (Lipinski definition) is 6. The minimum Gasteiger partial charge on any atom is -0.378 e. The van der Waals surface area contributed by atoms with Crippen molar-refractivity contribution in [2.75, 3.05) is 45.3 Å². The number of pyridine rings is 1. The maximum Gasteiger partial charge on any atom is 0.416 e. The Labute approximate surface area is 404 Å². The fourth-order valence-corrected chi connectivity index (χ4v) is 10.5. The van der Waals surface area contributed by atoms with Crippen LogP contribution in [-0.4, -0.2) is 130 Å². The zero-order chi connectivity index (χ0) is 50.2. The van der Waals surface area contributed by atoms with Crippen LogP contribution in [0.2, 0.25) is 0 Å². The average Bonchev–Trinajstić information content (AvgIpc) is 3.82. The second kappa shape index (κ2) is 22.8. The van der Waals surface area contributed by atoms with Crippen LogP contribution in [0.25, 0.3) is 10.9 Å². The van der Waals surface area contributed by atoms with Crippen LogP contribution in [0, 0.1) is 17.8 Å². The Balaban J connectivity index is 0.839. The van der Waals surface area contributed by atoms with Gasteiger partial charge in [-0.2, -0.15) is 13.2 Å². The van der Waals surface area contributed by atoms with Crippen molar-refractivity contribution in [3.05, 3.63) is 60.2 Å². The minimum atomic E-state index is -4.56. The van der Waals surface area contributed by atoms with Gasteiger partial charge in [0.05, 0.1) is 60.9 Å². The number of fused-ring (bicyclic) bond motifs is 1. The number of hydroxylamine groups is 1. The number of anilines is 1. The number of nitrogens with one attached hydrogen (secondary N) is 5. The van der Waals surface area contributed by atoms with E-state index in [0.29, 0.717) is 68.5 Å². The molecule has 2 saturated carbocycles. The van der Waals surface area contributed by atoms with Crippen molar-refractivity contribution in [2.45, 2.75) is 126 Å². The van der Waals surface area contributed by atoms with Gasteiger partial charge in [-0.3, -0.25) is 38.6 Å². The number of benzene rings is 1. The number of carbonyl (C=O) groups excluding carboxylic acids is 6. The Morgan fingerprint density at radius 2 is 1.71 bits per heavy atom. The zero-order valence-corrected chi connectivity index (χ0v) is 39.8. The molecule has 2 aliphatic heterocycles. The number of nitrogens with zero attached hydrogens (tertiary/aromatic N) is 5. The summed E-state index contributed by atoms with van der Waals surface area (Å²) < 4.78 is 46.3. The summed E-state index contributed by atoms with van der Waals surface area (Å²) in [5, 5.41) is 13.3. The summed E-state index contributed by atoms with van der Waals surface area (Å²) in [5.41, 5.74) is 6.67. The van der Waals surface area contributed by atoms with Gasteiger partial charge in [0.25, 0.3) is 0 Å². The van der Waals surface area contributed by atoms with E-state index >= 15 is 0 Å². The summed E-state index contributed by atoms with van der Waals surface area (Å²) in [7, 11) is 1.52. The van der Waals surface area contributed by atoms with Crippen LogP contribution in [0.3, 0.4) is 0 Å². The largest absolute Gasteiger partial charge is 0.416 e. The van der Waals surface area contributed by atoms with E-state index < -0.39 is 41.1 Å². The third kappa shape index (κ3) is 12.3. The van der Waals surface area contributed by atoms with E-state index in [1.807, 2.05) is 0 Å². The molecule has 0 unspecified atom stereocenters. The summed E-state index contributed by atoms with van der Waals surface area (Å²) in [6.45, 7) is 5.61. The highest BCUT2D eigenvalue weighted by Gasteiger charge is 2.56. The van der Waals surface area contributed by atoms with Crippen molar-refractivity contribution in [3.8, 4) is 0 Å². The summed E-state index contributed by atoms with van der Waals surface area (Å²) >= 11 is 0. The van der Waals surface area contributed by atoms with Crippen LogP contribution in [-0.2, 0) is 50.1 Å². The van der Waals surface area contributed by atoms with E-state index in [4.69, 9.17) is 15.3 Å². The molecule has 19 nitrogen and oxygen atoms in total. The molecule has 0 bridgehead atoms. The van der Waals surface area contributed by atoms with E-state index in [-0.39, 0.29) is 104 Å². The lowest BCUT2D eigenvalue weighted by molar-refractivity contribution is -0.141. The number of ether oxygens (including phenoxy) is 1. The molecule has 6 atom stereocenters. The number of hydrogen-bond acceptors (Lipinski definition) is 13. The Hall–Kier alpha value is -6.00. The molecule has 7 rings (SSSR count). The SMILES string of the molecule is CC(C)CN[C@@H]1CC[C@H](N2CC[C@H](Nc3ncnc4ccc(C(F)(F)F)cc34)C2=O)[C@H](NC(=O)C2CCC(NC(=O)CCOCCONC(=O)C[C@@]3(c4cccnc4)[C@@H](C(N)=O)CC(=O)N3C)CC2)C1. The predicted octanol–water partition coefficient (Wildman–Crippen LogP) is 3.09. The number of primary amides is 1. The molecule has 3 aromatic rings. The minimum absolute atomic E-state index is 0.0323. The lowest BCUT2D eigenvalue weighted by Crippen LogP contribution is -2.59. The molecule has 22 heteroatoms. The highest BCUT2D eigenvalue weighted by atomic mass is 19.4. The lowest BCUT2D eigenvalue weighted by atomic mass is 9.76. The standard InChI is InChI=1S/C48H64F3N11O8/c1-28(2)25-54-33-11-13-39(62-17-14-37(46(62)68)58-44-34-21-30(48(49,50)51)8-12-36(34)55-27-56-44)38(22-33)59-45(67)29-6-9-32(10-7-29)57-40(63)15-18-69-19-20-70-60-41(64)24-47(31-5-4-16-53-26-31)35(43(52)66)23-42(65)61(47)3/h4-5,8,12,16,21,26-29,32-33,35,37-39,54H,6-7,9-11,13-15,17-20,22-25H2,1-3H3,(H2,52,66)(H,57,63)(H,59,67)(H,60,64)(H,55,56,58)/t29?,32?,33-,35-,37+,38-,39+,47-/m1/s1. The second-order valence-corrected chi connectivity index (χ2v) is 19.3. The number of alkyl halides is 3. The second-order valence-electron chi connectivity index (χ2n) is 19.3. The number of rotatable bonds is 20. The molecule has 4 fully saturated rings. The molecule has 6 amide bonds. The Bertz CT molecular complexity index is 2350. The van der Waals surface area contributed by atoms with Gasteiger partial charge >= 0.3 is 6.18 Å². The number of carbonyl (C=O) groups is 6. The van der Waals surface area contributed by atoms with Crippen LogP contribution in [0.1, 0.15) is 95.6 Å². The average molecular weight is 980 g/mol. The van der Waals surface area contributed by atoms with E-state index in [0.717, 1.165) is 25.1 Å². The van der Waals surface area contributed by atoms with Crippen LogP contribution >= 0.6 is 0 Å². The summed E-state index contributed by atoms with van der Waals surface area (Å²) in [4.78, 5) is 99.9. The Kier molecular flexibility index (Phi) is 16.9. The van der Waals surface area contributed by atoms with Gasteiger partial charge in [0, 0.05) is 62.2 Å². The predicted molar refractivity (Wildman–Crippen MR) is 249 cm³/mol. The topological polar surface area (TPSA) is 252 Å². The number of amides is 6. The molecule has 380 valence electrons. The van der Waals surface area contributed by atoms with Crippen molar-refractivity contribution < 1.29 is 51.5 Å². The molecular formula is C48H64F3N11O8. The fourth-order valence-electron chi connectivity index (χ4n) is 10.5. The Morgan fingerprint density at radius 3 is 2.43 bits per heavy atom. The third-order valence-corrected chi connectivity index (χ3v) is 14.2. The maximum atomic E-state index is 14.0. The van der Waals surface area contributed by atoms with Crippen molar-refractivity contribution in [2.24, 2.45) is 23.5 Å². The van der Waals surface area contributed by atoms with Gasteiger partial charge in [0.2, 0.25) is 35.4 Å². The molecule has 2 saturated heterocycles. The van der Waals surface area contributed by atoms with Gasteiger partial charge in [-0.15, -0.1) is 0 Å². The van der Waals surface area contributed by atoms with Crippen LogP contribution < -0.4 is 32.5 Å². The van der Waals surface area contributed by atoms with E-state index in [1.54, 1.807) is 23.2 Å². The highest BCUT2D eigenvalue weighted by molar-refractivity contribution is 5.94. The molecular weight excluding hydrogens is 916 g/mol. The lowest BCUT2D eigenvalue weighted by Gasteiger charge is -2.42. The van der Waals surface area contributed by atoms with E-state index in [9.17, 15) is 41.9 Å². The van der Waals surface area contributed by atoms with Gasteiger partial charge in [-0.1, -0.05) is 19.9 Å². The quantitative estimate of drug-likeness (QED) is 0.0705.